The van der Waals surface area contributed by atoms with Gasteiger partial charge in [0.25, 0.3) is 0 Å². The second kappa shape index (κ2) is 4.29. The van der Waals surface area contributed by atoms with Gasteiger partial charge in [0.15, 0.2) is 0 Å². The van der Waals surface area contributed by atoms with Crippen LogP contribution in [0.1, 0.15) is 34.1 Å². The second-order valence-corrected chi connectivity index (χ2v) is 5.99. The number of hydrogen-bond acceptors (Lipinski definition) is 1. The first-order valence-electron chi connectivity index (χ1n) is 6.52. The Kier molecular flexibility index (Phi) is 3.11. The van der Waals surface area contributed by atoms with Crippen LogP contribution in [0.3, 0.4) is 0 Å². The van der Waals surface area contributed by atoms with Crippen LogP contribution < -0.4 is 0 Å². The first-order valence-corrected chi connectivity index (χ1v) is 6.52. The molecule has 0 saturated carbocycles. The number of fused-ring (bicyclic) bond motifs is 1. The van der Waals surface area contributed by atoms with Crippen LogP contribution in [0.2, 0.25) is 0 Å². The minimum absolute atomic E-state index is 0.126. The largest absolute Gasteiger partial charge is 0.288 e. The van der Waals surface area contributed by atoms with Crippen LogP contribution in [-0.2, 0) is 0 Å². The molecule has 0 fully saturated rings. The molecule has 1 heterocycles. The lowest BCUT2D eigenvalue weighted by Gasteiger charge is -2.40. The molecule has 0 N–H and O–H groups in total. The van der Waals surface area contributed by atoms with Crippen LogP contribution in [0.25, 0.3) is 0 Å². The predicted octanol–water partition coefficient (Wildman–Crippen LogP) is 4.18. The zero-order chi connectivity index (χ0) is 12.6. The Hall–Kier alpha value is -1.11. The molecule has 0 bridgehead atoms. The molecule has 2 aliphatic rings. The highest BCUT2D eigenvalue weighted by atomic mass is 14.8. The minimum atomic E-state index is 0.126. The molecule has 1 aliphatic heterocycles. The summed E-state index contributed by atoms with van der Waals surface area (Å²) in [7, 11) is 0. The fraction of sp³-hybridized carbons (Fsp3) is 0.562. The zero-order valence-electron chi connectivity index (χ0n) is 11.4. The van der Waals surface area contributed by atoms with Crippen LogP contribution in [0.4, 0.5) is 0 Å². The smallest absolute Gasteiger partial charge is 0.0794 e. The standard InChI is InChI=1S/C16H23N/c1-11(2)15-16(5)9-12(3)6-7-14(16)8-13(4)10-17-15/h6-8,10,12-13,15H,1,9H2,2-5H3/t12-,13+,15?,16-/m0/s1. The van der Waals surface area contributed by atoms with E-state index in [4.69, 9.17) is 4.99 Å². The van der Waals surface area contributed by atoms with Crippen LogP contribution in [0, 0.1) is 17.3 Å². The summed E-state index contributed by atoms with van der Waals surface area (Å²) in [6.07, 6.45) is 10.2. The summed E-state index contributed by atoms with van der Waals surface area (Å²) in [4.78, 5) is 4.78. The molecule has 0 amide bonds. The molecule has 0 saturated heterocycles. The molecule has 0 aromatic carbocycles. The van der Waals surface area contributed by atoms with Gasteiger partial charge in [-0.25, -0.2) is 0 Å². The third-order valence-corrected chi connectivity index (χ3v) is 3.99. The van der Waals surface area contributed by atoms with E-state index in [9.17, 15) is 0 Å². The quantitative estimate of drug-likeness (QED) is 0.598. The third-order valence-electron chi connectivity index (χ3n) is 3.99. The van der Waals surface area contributed by atoms with Crippen molar-refractivity contribution < 1.29 is 0 Å². The number of aliphatic imine (C=N–C) groups is 1. The van der Waals surface area contributed by atoms with E-state index in [0.717, 1.165) is 6.42 Å². The van der Waals surface area contributed by atoms with Crippen LogP contribution in [-0.4, -0.2) is 12.3 Å². The lowest BCUT2D eigenvalue weighted by atomic mass is 9.65. The van der Waals surface area contributed by atoms with Crippen molar-refractivity contribution in [2.24, 2.45) is 22.2 Å². The molecule has 0 aromatic heterocycles. The second-order valence-electron chi connectivity index (χ2n) is 5.99. The summed E-state index contributed by atoms with van der Waals surface area (Å²) >= 11 is 0. The van der Waals surface area contributed by atoms with Gasteiger partial charge in [0, 0.05) is 17.5 Å². The summed E-state index contributed by atoms with van der Waals surface area (Å²) in [6, 6.07) is 0.228. The Bertz CT molecular complexity index is 413. The molecule has 0 aromatic rings. The Balaban J connectivity index is 2.51. The summed E-state index contributed by atoms with van der Waals surface area (Å²) in [5.74, 6) is 1.05. The van der Waals surface area contributed by atoms with Gasteiger partial charge in [-0.15, -0.1) is 0 Å². The lowest BCUT2D eigenvalue weighted by Crippen LogP contribution is -2.36. The van der Waals surface area contributed by atoms with Crippen molar-refractivity contribution >= 4 is 6.21 Å². The van der Waals surface area contributed by atoms with Crippen molar-refractivity contribution in [1.29, 1.82) is 0 Å². The fourth-order valence-corrected chi connectivity index (χ4v) is 3.21. The summed E-state index contributed by atoms with van der Waals surface area (Å²) in [5.41, 5.74) is 2.74. The topological polar surface area (TPSA) is 12.4 Å². The predicted molar refractivity (Wildman–Crippen MR) is 75.4 cm³/mol. The number of allylic oxidation sites excluding steroid dienone is 3. The Morgan fingerprint density at radius 2 is 2.18 bits per heavy atom. The average Bonchev–Trinajstić information content (AvgIpc) is 2.33. The molecule has 4 atom stereocenters. The highest BCUT2D eigenvalue weighted by Crippen LogP contribution is 2.46. The molecule has 92 valence electrons. The molecular weight excluding hydrogens is 206 g/mol. The van der Waals surface area contributed by atoms with Gasteiger partial charge in [0.05, 0.1) is 6.04 Å². The van der Waals surface area contributed by atoms with Gasteiger partial charge >= 0.3 is 0 Å². The lowest BCUT2D eigenvalue weighted by molar-refractivity contribution is 0.286. The SMILES string of the molecule is C=C(C)C1N=C[C@H](C)C=C2C=C[C@H](C)C[C@@]21C. The van der Waals surface area contributed by atoms with Gasteiger partial charge in [0.2, 0.25) is 0 Å². The van der Waals surface area contributed by atoms with Crippen LogP contribution in [0.15, 0.2) is 40.9 Å². The number of nitrogens with zero attached hydrogens (tertiary/aromatic N) is 1. The van der Waals surface area contributed by atoms with Gasteiger partial charge in [0.1, 0.15) is 0 Å². The molecular formula is C16H23N. The fourth-order valence-electron chi connectivity index (χ4n) is 3.21. The average molecular weight is 229 g/mol. The maximum Gasteiger partial charge on any atom is 0.0794 e. The van der Waals surface area contributed by atoms with E-state index < -0.39 is 0 Å². The molecule has 1 nitrogen and oxygen atoms in total. The molecule has 1 aliphatic carbocycles. The molecule has 0 radical (unpaired) electrons. The molecule has 0 spiro atoms. The molecule has 2 rings (SSSR count). The van der Waals surface area contributed by atoms with Crippen molar-refractivity contribution in [1.82, 2.24) is 0 Å². The van der Waals surface area contributed by atoms with E-state index in [1.165, 1.54) is 11.1 Å². The van der Waals surface area contributed by atoms with E-state index in [-0.39, 0.29) is 11.5 Å². The zero-order valence-corrected chi connectivity index (χ0v) is 11.4. The van der Waals surface area contributed by atoms with Crippen molar-refractivity contribution in [2.75, 3.05) is 0 Å². The van der Waals surface area contributed by atoms with Gasteiger partial charge in [-0.1, -0.05) is 51.2 Å². The Labute approximate surface area is 105 Å². The van der Waals surface area contributed by atoms with Crippen molar-refractivity contribution in [3.8, 4) is 0 Å². The third kappa shape index (κ3) is 2.15. The van der Waals surface area contributed by atoms with E-state index >= 15 is 0 Å². The first-order chi connectivity index (χ1) is 7.93. The van der Waals surface area contributed by atoms with E-state index in [1.807, 2.05) is 0 Å². The summed E-state index contributed by atoms with van der Waals surface area (Å²) in [6.45, 7) is 13.1. The Morgan fingerprint density at radius 1 is 1.47 bits per heavy atom. The highest BCUT2D eigenvalue weighted by Gasteiger charge is 2.40. The van der Waals surface area contributed by atoms with Gasteiger partial charge in [-0.2, -0.15) is 0 Å². The summed E-state index contributed by atoms with van der Waals surface area (Å²) < 4.78 is 0. The molecule has 1 heteroatoms. The number of rotatable bonds is 1. The van der Waals surface area contributed by atoms with Gasteiger partial charge in [-0.3, -0.25) is 4.99 Å². The van der Waals surface area contributed by atoms with E-state index in [0.29, 0.717) is 11.8 Å². The summed E-state index contributed by atoms with van der Waals surface area (Å²) in [5, 5.41) is 0. The first kappa shape index (κ1) is 12.3. The normalized spacial score (nSPS) is 40.5. The van der Waals surface area contributed by atoms with Gasteiger partial charge < -0.3 is 0 Å². The van der Waals surface area contributed by atoms with E-state index in [1.54, 1.807) is 0 Å². The van der Waals surface area contributed by atoms with E-state index in [2.05, 4.69) is 58.7 Å². The van der Waals surface area contributed by atoms with Crippen molar-refractivity contribution in [3.63, 3.8) is 0 Å². The highest BCUT2D eigenvalue weighted by molar-refractivity contribution is 5.66. The molecule has 17 heavy (non-hydrogen) atoms. The van der Waals surface area contributed by atoms with Crippen LogP contribution in [0.5, 0.6) is 0 Å². The van der Waals surface area contributed by atoms with Crippen molar-refractivity contribution in [2.45, 2.75) is 40.2 Å². The van der Waals surface area contributed by atoms with Crippen molar-refractivity contribution in [3.05, 3.63) is 36.0 Å². The Morgan fingerprint density at radius 3 is 2.82 bits per heavy atom. The maximum absolute atomic E-state index is 4.78. The number of hydrogen-bond donors (Lipinski definition) is 0. The monoisotopic (exact) mass is 229 g/mol. The molecule has 1 unspecified atom stereocenters. The maximum atomic E-state index is 4.78. The van der Waals surface area contributed by atoms with Gasteiger partial charge in [-0.05, 0) is 24.8 Å². The minimum Gasteiger partial charge on any atom is -0.288 e. The van der Waals surface area contributed by atoms with Crippen LogP contribution >= 0.6 is 0 Å².